The van der Waals surface area contributed by atoms with Gasteiger partial charge in [-0.15, -0.1) is 15.3 Å². The van der Waals surface area contributed by atoms with E-state index in [2.05, 4.69) is 25.6 Å². The molecule has 0 aromatic carbocycles. The van der Waals surface area contributed by atoms with E-state index in [1.54, 1.807) is 17.9 Å². The first-order valence-corrected chi connectivity index (χ1v) is 4.89. The Morgan fingerprint density at radius 3 is 2.94 bits per heavy atom. The van der Waals surface area contributed by atoms with Crippen LogP contribution in [0.4, 0.5) is 5.95 Å². The van der Waals surface area contributed by atoms with Crippen molar-refractivity contribution in [2.24, 2.45) is 7.05 Å². The first-order chi connectivity index (χ1) is 8.15. The number of nitrogens with two attached hydrogens (primary N) is 1. The molecule has 0 radical (unpaired) electrons. The summed E-state index contributed by atoms with van der Waals surface area (Å²) in [5, 5.41) is 14.0. The number of aryl methyl sites for hydroxylation is 1. The topological polar surface area (TPSA) is 117 Å². The molecule has 0 unspecified atom stereocenters. The Bertz CT molecular complexity index is 515. The Morgan fingerprint density at radius 2 is 2.35 bits per heavy atom. The number of nitrogens with one attached hydrogen (secondary N) is 1. The number of aromatic nitrogens is 6. The molecular formula is C8H12N8O. The Morgan fingerprint density at radius 1 is 1.53 bits per heavy atom. The highest BCUT2D eigenvalue weighted by Crippen LogP contribution is 1.92. The summed E-state index contributed by atoms with van der Waals surface area (Å²) in [5.74, 6) is 0.625. The lowest BCUT2D eigenvalue weighted by atomic mass is 10.5. The van der Waals surface area contributed by atoms with E-state index in [0.29, 0.717) is 12.4 Å². The standard InChI is InChI=1S/C8H12N8O/c1-15-5-12-13-6(15)2-10-7(17)3-16-4-11-8(9)14-16/h4-5H,2-3H2,1H3,(H2,9,14)(H,10,17). The van der Waals surface area contributed by atoms with Crippen LogP contribution in [0.25, 0.3) is 0 Å². The summed E-state index contributed by atoms with van der Waals surface area (Å²) in [5.41, 5.74) is 5.33. The number of hydrogen-bond acceptors (Lipinski definition) is 6. The molecule has 0 atom stereocenters. The fraction of sp³-hybridized carbons (Fsp3) is 0.375. The van der Waals surface area contributed by atoms with Crippen molar-refractivity contribution in [1.82, 2.24) is 34.8 Å². The Balaban J connectivity index is 1.84. The van der Waals surface area contributed by atoms with Gasteiger partial charge < -0.3 is 15.6 Å². The molecular weight excluding hydrogens is 224 g/mol. The van der Waals surface area contributed by atoms with Gasteiger partial charge in [0, 0.05) is 7.05 Å². The highest BCUT2D eigenvalue weighted by Gasteiger charge is 2.06. The van der Waals surface area contributed by atoms with Gasteiger partial charge in [-0.3, -0.25) is 4.79 Å². The number of anilines is 1. The Hall–Kier alpha value is -2.45. The lowest BCUT2D eigenvalue weighted by Gasteiger charge is -2.04. The minimum Gasteiger partial charge on any atom is -0.367 e. The largest absolute Gasteiger partial charge is 0.367 e. The molecule has 17 heavy (non-hydrogen) atoms. The van der Waals surface area contributed by atoms with Crippen LogP contribution in [0.2, 0.25) is 0 Å². The number of nitrogens with zero attached hydrogens (tertiary/aromatic N) is 6. The minimum absolute atomic E-state index is 0.0715. The molecule has 0 saturated heterocycles. The van der Waals surface area contributed by atoms with Gasteiger partial charge in [-0.25, -0.2) is 9.67 Å². The molecule has 0 aliphatic carbocycles. The van der Waals surface area contributed by atoms with E-state index in [1.165, 1.54) is 11.0 Å². The predicted molar refractivity (Wildman–Crippen MR) is 57.3 cm³/mol. The number of rotatable bonds is 4. The molecule has 9 heteroatoms. The highest BCUT2D eigenvalue weighted by atomic mass is 16.2. The molecule has 0 bridgehead atoms. The van der Waals surface area contributed by atoms with Crippen molar-refractivity contribution in [2.75, 3.05) is 5.73 Å². The maximum atomic E-state index is 11.5. The number of hydrogen-bond donors (Lipinski definition) is 2. The van der Waals surface area contributed by atoms with E-state index in [9.17, 15) is 4.79 Å². The monoisotopic (exact) mass is 236 g/mol. The van der Waals surface area contributed by atoms with Crippen molar-refractivity contribution in [3.8, 4) is 0 Å². The average Bonchev–Trinajstić information content (AvgIpc) is 2.85. The predicted octanol–water partition coefficient (Wildman–Crippen LogP) is -1.69. The van der Waals surface area contributed by atoms with Crippen molar-refractivity contribution >= 4 is 11.9 Å². The van der Waals surface area contributed by atoms with Gasteiger partial charge in [0.25, 0.3) is 0 Å². The molecule has 0 spiro atoms. The number of amides is 1. The maximum absolute atomic E-state index is 11.5. The van der Waals surface area contributed by atoms with Crippen molar-refractivity contribution in [3.05, 3.63) is 18.5 Å². The smallest absolute Gasteiger partial charge is 0.242 e. The molecule has 9 nitrogen and oxygen atoms in total. The zero-order chi connectivity index (χ0) is 12.3. The third kappa shape index (κ3) is 2.77. The second kappa shape index (κ2) is 4.60. The lowest BCUT2D eigenvalue weighted by molar-refractivity contribution is -0.122. The van der Waals surface area contributed by atoms with Crippen molar-refractivity contribution < 1.29 is 4.79 Å². The molecule has 0 aliphatic rings. The number of nitrogen functional groups attached to an aromatic ring is 1. The van der Waals surface area contributed by atoms with Crippen LogP contribution in [0.3, 0.4) is 0 Å². The van der Waals surface area contributed by atoms with Gasteiger partial charge in [0.05, 0.1) is 6.54 Å². The van der Waals surface area contributed by atoms with Crippen LogP contribution in [0, 0.1) is 0 Å². The zero-order valence-corrected chi connectivity index (χ0v) is 9.24. The van der Waals surface area contributed by atoms with Crippen LogP contribution in [0.15, 0.2) is 12.7 Å². The van der Waals surface area contributed by atoms with Crippen LogP contribution in [0.1, 0.15) is 5.82 Å². The van der Waals surface area contributed by atoms with Crippen molar-refractivity contribution in [2.45, 2.75) is 13.1 Å². The number of carbonyl (C=O) groups excluding carboxylic acids is 1. The summed E-state index contributed by atoms with van der Waals surface area (Å²) in [6.45, 7) is 0.390. The van der Waals surface area contributed by atoms with Crippen LogP contribution < -0.4 is 11.1 Å². The molecule has 2 rings (SSSR count). The molecule has 0 aliphatic heterocycles. The normalized spacial score (nSPS) is 10.4. The third-order valence-electron chi connectivity index (χ3n) is 2.11. The van der Waals surface area contributed by atoms with Gasteiger partial charge in [-0.2, -0.15) is 0 Å². The average molecular weight is 236 g/mol. The molecule has 2 aromatic heterocycles. The SMILES string of the molecule is Cn1cnnc1CNC(=O)Cn1cnc(N)n1. The van der Waals surface area contributed by atoms with Gasteiger partial charge in [-0.1, -0.05) is 0 Å². The van der Waals surface area contributed by atoms with Crippen molar-refractivity contribution in [3.63, 3.8) is 0 Å². The Labute approximate surface area is 96.7 Å². The molecule has 2 aromatic rings. The minimum atomic E-state index is -0.196. The van der Waals surface area contributed by atoms with E-state index < -0.39 is 0 Å². The first kappa shape index (κ1) is 11.0. The second-order valence-corrected chi connectivity index (χ2v) is 3.44. The van der Waals surface area contributed by atoms with E-state index in [4.69, 9.17) is 5.73 Å². The zero-order valence-electron chi connectivity index (χ0n) is 9.24. The van der Waals surface area contributed by atoms with Crippen LogP contribution >= 0.6 is 0 Å². The summed E-state index contributed by atoms with van der Waals surface area (Å²) >= 11 is 0. The van der Waals surface area contributed by atoms with Crippen LogP contribution in [-0.4, -0.2) is 35.4 Å². The first-order valence-electron chi connectivity index (χ1n) is 4.89. The quantitative estimate of drug-likeness (QED) is 0.654. The fourth-order valence-electron chi connectivity index (χ4n) is 1.23. The van der Waals surface area contributed by atoms with Crippen LogP contribution in [0.5, 0.6) is 0 Å². The third-order valence-corrected chi connectivity index (χ3v) is 2.11. The molecule has 0 saturated carbocycles. The van der Waals surface area contributed by atoms with Gasteiger partial charge in [0.2, 0.25) is 11.9 Å². The molecule has 0 fully saturated rings. The van der Waals surface area contributed by atoms with Crippen molar-refractivity contribution in [1.29, 1.82) is 0 Å². The summed E-state index contributed by atoms with van der Waals surface area (Å²) in [6, 6.07) is 0. The van der Waals surface area contributed by atoms with E-state index in [0.717, 1.165) is 0 Å². The summed E-state index contributed by atoms with van der Waals surface area (Å²) < 4.78 is 3.09. The molecule has 1 amide bonds. The van der Waals surface area contributed by atoms with Gasteiger partial charge >= 0.3 is 0 Å². The summed E-state index contributed by atoms with van der Waals surface area (Å²) in [6.07, 6.45) is 2.97. The van der Waals surface area contributed by atoms with E-state index >= 15 is 0 Å². The molecule has 2 heterocycles. The molecule has 90 valence electrons. The second-order valence-electron chi connectivity index (χ2n) is 3.44. The molecule has 3 N–H and O–H groups in total. The van der Waals surface area contributed by atoms with Gasteiger partial charge in [-0.05, 0) is 0 Å². The van der Waals surface area contributed by atoms with E-state index in [1.807, 2.05) is 0 Å². The lowest BCUT2D eigenvalue weighted by Crippen LogP contribution is -2.28. The van der Waals surface area contributed by atoms with Gasteiger partial charge in [0.15, 0.2) is 5.82 Å². The Kier molecular flexibility index (Phi) is 2.99. The number of carbonyl (C=O) groups is 1. The highest BCUT2D eigenvalue weighted by molar-refractivity contribution is 5.75. The van der Waals surface area contributed by atoms with Gasteiger partial charge in [0.1, 0.15) is 19.2 Å². The summed E-state index contributed by atoms with van der Waals surface area (Å²) in [4.78, 5) is 15.2. The van der Waals surface area contributed by atoms with E-state index in [-0.39, 0.29) is 18.4 Å². The summed E-state index contributed by atoms with van der Waals surface area (Å²) in [7, 11) is 1.81. The maximum Gasteiger partial charge on any atom is 0.242 e. The van der Waals surface area contributed by atoms with Crippen LogP contribution in [-0.2, 0) is 24.9 Å². The fourth-order valence-corrected chi connectivity index (χ4v) is 1.23.